The number of carbonyl (C=O) groups excluding carboxylic acids is 1. The molecule has 1 fully saturated rings. The van der Waals surface area contributed by atoms with Crippen molar-refractivity contribution >= 4 is 17.7 Å². The van der Waals surface area contributed by atoms with Gasteiger partial charge in [-0.1, -0.05) is 0 Å². The number of piperidine rings is 1. The summed E-state index contributed by atoms with van der Waals surface area (Å²) in [5, 5.41) is 23.6. The SMILES string of the molecule is CC1(C(=O)O)CCCCN1C(=O)Cn1ccc([N+](=O)[O-])n1. The van der Waals surface area contributed by atoms with Crippen molar-refractivity contribution in [3.63, 3.8) is 0 Å². The van der Waals surface area contributed by atoms with Crippen LogP contribution in [0.25, 0.3) is 0 Å². The molecular formula is C12H16N4O5. The second-order valence-corrected chi connectivity index (χ2v) is 5.21. The number of amides is 1. The molecule has 9 heteroatoms. The molecule has 1 aromatic heterocycles. The molecule has 1 atom stereocenters. The van der Waals surface area contributed by atoms with Crippen LogP contribution in [-0.4, -0.2) is 48.7 Å². The van der Waals surface area contributed by atoms with Crippen LogP contribution in [0.15, 0.2) is 12.3 Å². The van der Waals surface area contributed by atoms with Gasteiger partial charge >= 0.3 is 11.8 Å². The summed E-state index contributed by atoms with van der Waals surface area (Å²) in [6.45, 7) is 1.68. The monoisotopic (exact) mass is 296 g/mol. The van der Waals surface area contributed by atoms with Crippen molar-refractivity contribution in [1.29, 1.82) is 0 Å². The molecule has 114 valence electrons. The van der Waals surface area contributed by atoms with E-state index in [2.05, 4.69) is 5.10 Å². The Kier molecular flexibility index (Phi) is 3.92. The van der Waals surface area contributed by atoms with Crippen LogP contribution in [-0.2, 0) is 16.1 Å². The first-order valence-electron chi connectivity index (χ1n) is 6.56. The smallest absolute Gasteiger partial charge is 0.389 e. The van der Waals surface area contributed by atoms with E-state index >= 15 is 0 Å². The van der Waals surface area contributed by atoms with Crippen LogP contribution in [0, 0.1) is 10.1 Å². The number of nitro groups is 1. The predicted octanol–water partition coefficient (Wildman–Crippen LogP) is 0.647. The molecule has 1 N–H and O–H groups in total. The zero-order valence-electron chi connectivity index (χ0n) is 11.6. The lowest BCUT2D eigenvalue weighted by atomic mass is 9.88. The Morgan fingerprint density at radius 1 is 1.52 bits per heavy atom. The third-order valence-corrected chi connectivity index (χ3v) is 3.76. The largest absolute Gasteiger partial charge is 0.480 e. The Morgan fingerprint density at radius 2 is 2.24 bits per heavy atom. The fourth-order valence-corrected chi connectivity index (χ4v) is 2.50. The van der Waals surface area contributed by atoms with Gasteiger partial charge in [0.25, 0.3) is 0 Å². The quantitative estimate of drug-likeness (QED) is 0.643. The van der Waals surface area contributed by atoms with Crippen molar-refractivity contribution in [2.75, 3.05) is 6.54 Å². The summed E-state index contributed by atoms with van der Waals surface area (Å²) < 4.78 is 1.15. The molecule has 0 aliphatic carbocycles. The van der Waals surface area contributed by atoms with Crippen LogP contribution in [0.3, 0.4) is 0 Å². The van der Waals surface area contributed by atoms with E-state index in [9.17, 15) is 24.8 Å². The summed E-state index contributed by atoms with van der Waals surface area (Å²) in [5.74, 6) is -1.79. The molecular weight excluding hydrogens is 280 g/mol. The van der Waals surface area contributed by atoms with Gasteiger partial charge in [-0.2, -0.15) is 4.68 Å². The zero-order valence-corrected chi connectivity index (χ0v) is 11.6. The molecule has 1 unspecified atom stereocenters. The molecule has 0 bridgehead atoms. The van der Waals surface area contributed by atoms with Crippen LogP contribution in [0.4, 0.5) is 5.82 Å². The van der Waals surface area contributed by atoms with E-state index in [0.717, 1.165) is 17.5 Å². The van der Waals surface area contributed by atoms with Gasteiger partial charge in [-0.05, 0) is 31.1 Å². The topological polar surface area (TPSA) is 119 Å². The van der Waals surface area contributed by atoms with E-state index < -0.39 is 22.3 Å². The van der Waals surface area contributed by atoms with Gasteiger partial charge in [-0.25, -0.2) is 4.79 Å². The number of carboxylic acids is 1. The van der Waals surface area contributed by atoms with E-state index in [0.29, 0.717) is 13.0 Å². The van der Waals surface area contributed by atoms with E-state index in [1.165, 1.54) is 24.1 Å². The minimum atomic E-state index is -1.23. The number of nitrogens with zero attached hydrogens (tertiary/aromatic N) is 4. The van der Waals surface area contributed by atoms with Crippen LogP contribution >= 0.6 is 0 Å². The summed E-state index contributed by atoms with van der Waals surface area (Å²) in [5.41, 5.74) is -1.23. The number of hydrogen-bond acceptors (Lipinski definition) is 5. The molecule has 9 nitrogen and oxygen atoms in total. The summed E-state index contributed by atoms with van der Waals surface area (Å²) >= 11 is 0. The Hall–Kier alpha value is -2.45. The average molecular weight is 296 g/mol. The first-order valence-corrected chi connectivity index (χ1v) is 6.56. The molecule has 1 aliphatic rings. The molecule has 0 radical (unpaired) electrons. The number of likely N-dealkylation sites (tertiary alicyclic amines) is 1. The number of carboxylic acid groups (broad SMARTS) is 1. The number of carbonyl (C=O) groups is 2. The fourth-order valence-electron chi connectivity index (χ4n) is 2.50. The van der Waals surface area contributed by atoms with Gasteiger partial charge in [0.05, 0.1) is 17.4 Å². The number of aliphatic carboxylic acids is 1. The minimum absolute atomic E-state index is 0.212. The van der Waals surface area contributed by atoms with Crippen molar-refractivity contribution in [1.82, 2.24) is 14.7 Å². The standard InChI is InChI=1S/C12H16N4O5/c1-12(11(18)19)5-2-3-6-15(12)10(17)8-14-7-4-9(13-14)16(20)21/h4,7H,2-3,5-6,8H2,1H3,(H,18,19). The second-order valence-electron chi connectivity index (χ2n) is 5.21. The molecule has 1 aliphatic heterocycles. The lowest BCUT2D eigenvalue weighted by Crippen LogP contribution is -2.58. The molecule has 0 spiro atoms. The van der Waals surface area contributed by atoms with Crippen LogP contribution < -0.4 is 0 Å². The van der Waals surface area contributed by atoms with Gasteiger partial charge in [0.1, 0.15) is 12.1 Å². The molecule has 1 aromatic rings. The second kappa shape index (κ2) is 5.51. The molecule has 2 heterocycles. The summed E-state index contributed by atoms with van der Waals surface area (Å²) in [6.07, 6.45) is 3.22. The highest BCUT2D eigenvalue weighted by molar-refractivity contribution is 5.86. The predicted molar refractivity (Wildman–Crippen MR) is 70.5 cm³/mol. The van der Waals surface area contributed by atoms with Gasteiger partial charge in [0, 0.05) is 6.54 Å². The molecule has 1 saturated heterocycles. The van der Waals surface area contributed by atoms with Crippen molar-refractivity contribution in [2.24, 2.45) is 0 Å². The van der Waals surface area contributed by atoms with E-state index in [1.54, 1.807) is 0 Å². The van der Waals surface area contributed by atoms with Crippen LogP contribution in [0.1, 0.15) is 26.2 Å². The Balaban J connectivity index is 2.14. The van der Waals surface area contributed by atoms with Crippen LogP contribution in [0.5, 0.6) is 0 Å². The highest BCUT2D eigenvalue weighted by Crippen LogP contribution is 2.28. The Bertz CT molecular complexity index is 584. The number of hydrogen-bond donors (Lipinski definition) is 1. The molecule has 1 amide bonds. The first-order chi connectivity index (χ1) is 9.84. The van der Waals surface area contributed by atoms with Crippen molar-refractivity contribution in [3.05, 3.63) is 22.4 Å². The van der Waals surface area contributed by atoms with Gasteiger partial charge in [0.2, 0.25) is 5.91 Å². The maximum absolute atomic E-state index is 12.3. The number of rotatable bonds is 4. The first kappa shape index (κ1) is 14.9. The Labute approximate surface area is 120 Å². The maximum Gasteiger partial charge on any atom is 0.389 e. The minimum Gasteiger partial charge on any atom is -0.480 e. The highest BCUT2D eigenvalue weighted by Gasteiger charge is 2.43. The summed E-state index contributed by atoms with van der Waals surface area (Å²) in [4.78, 5) is 35.0. The van der Waals surface area contributed by atoms with Gasteiger partial charge in [-0.15, -0.1) is 0 Å². The fraction of sp³-hybridized carbons (Fsp3) is 0.583. The lowest BCUT2D eigenvalue weighted by molar-refractivity contribution is -0.389. The van der Waals surface area contributed by atoms with Crippen molar-refractivity contribution < 1.29 is 19.6 Å². The van der Waals surface area contributed by atoms with Crippen molar-refractivity contribution in [3.8, 4) is 0 Å². The molecule has 2 rings (SSSR count). The molecule has 0 aromatic carbocycles. The Morgan fingerprint density at radius 3 is 2.81 bits per heavy atom. The van der Waals surface area contributed by atoms with Gasteiger partial charge in [-0.3, -0.25) is 4.79 Å². The normalized spacial score (nSPS) is 22.0. The van der Waals surface area contributed by atoms with E-state index in [-0.39, 0.29) is 12.4 Å². The highest BCUT2D eigenvalue weighted by atomic mass is 16.6. The lowest BCUT2D eigenvalue weighted by Gasteiger charge is -2.41. The maximum atomic E-state index is 12.3. The van der Waals surface area contributed by atoms with Gasteiger partial charge in [0.15, 0.2) is 0 Å². The van der Waals surface area contributed by atoms with E-state index in [4.69, 9.17) is 0 Å². The molecule has 0 saturated carbocycles. The van der Waals surface area contributed by atoms with Gasteiger partial charge < -0.3 is 20.1 Å². The summed E-state index contributed by atoms with van der Waals surface area (Å²) in [6, 6.07) is 1.19. The third-order valence-electron chi connectivity index (χ3n) is 3.76. The third kappa shape index (κ3) is 2.86. The average Bonchev–Trinajstić information content (AvgIpc) is 2.87. The summed E-state index contributed by atoms with van der Waals surface area (Å²) in [7, 11) is 0. The number of aromatic nitrogens is 2. The van der Waals surface area contributed by atoms with Crippen molar-refractivity contribution in [2.45, 2.75) is 38.3 Å². The van der Waals surface area contributed by atoms with Crippen LogP contribution in [0.2, 0.25) is 0 Å². The van der Waals surface area contributed by atoms with E-state index in [1.807, 2.05) is 0 Å². The molecule has 21 heavy (non-hydrogen) atoms. The zero-order chi connectivity index (χ0) is 15.6.